The molecule has 1 unspecified atom stereocenters. The van der Waals surface area contributed by atoms with E-state index in [2.05, 4.69) is 13.2 Å². The van der Waals surface area contributed by atoms with Gasteiger partial charge in [-0.05, 0) is 82.5 Å². The summed E-state index contributed by atoms with van der Waals surface area (Å²) < 4.78 is 30.4. The molecule has 1 fully saturated rings. The number of anilines is 1. The molecule has 1 heterocycles. The van der Waals surface area contributed by atoms with E-state index < -0.39 is 23.6 Å². The minimum Gasteiger partial charge on any atom is -0.494 e. The fourth-order valence-electron chi connectivity index (χ4n) is 4.46. The lowest BCUT2D eigenvalue weighted by atomic mass is 10.0. The number of amides is 1. The molecule has 0 spiro atoms. The first-order chi connectivity index (χ1) is 18.9. The number of ketones is 1. The van der Waals surface area contributed by atoms with Crippen LogP contribution in [0.5, 0.6) is 11.5 Å². The molecular formula is C32H43FN2O5. The van der Waals surface area contributed by atoms with Crippen LogP contribution in [0.1, 0.15) is 50.8 Å². The van der Waals surface area contributed by atoms with Gasteiger partial charge in [0, 0.05) is 37.8 Å². The monoisotopic (exact) mass is 554 g/mol. The lowest BCUT2D eigenvalue weighted by Crippen LogP contribution is -2.56. The second-order valence-corrected chi connectivity index (χ2v) is 10.4. The maximum absolute atomic E-state index is 14.0. The number of carbonyl (C=O) groups excluding carboxylic acids is 2. The van der Waals surface area contributed by atoms with E-state index in [0.717, 1.165) is 28.1 Å². The van der Waals surface area contributed by atoms with E-state index in [1.807, 2.05) is 64.7 Å². The van der Waals surface area contributed by atoms with Crippen LogP contribution in [0.2, 0.25) is 0 Å². The number of hydrogen-bond acceptors (Lipinski definition) is 6. The Kier molecular flexibility index (Phi) is 11.8. The molecule has 40 heavy (non-hydrogen) atoms. The first kappa shape index (κ1) is 32.4. The van der Waals surface area contributed by atoms with E-state index in [-0.39, 0.29) is 18.0 Å². The molecule has 3 rings (SSSR count). The summed E-state index contributed by atoms with van der Waals surface area (Å²) in [7, 11) is 1.42. The van der Waals surface area contributed by atoms with Crippen molar-refractivity contribution in [1.82, 2.24) is 4.90 Å². The zero-order valence-corrected chi connectivity index (χ0v) is 24.9. The van der Waals surface area contributed by atoms with E-state index >= 15 is 0 Å². The molecule has 8 heteroatoms. The third-order valence-electron chi connectivity index (χ3n) is 6.58. The van der Waals surface area contributed by atoms with Crippen molar-refractivity contribution in [2.24, 2.45) is 0 Å². The highest BCUT2D eigenvalue weighted by Gasteiger charge is 2.34. The van der Waals surface area contributed by atoms with Gasteiger partial charge in [-0.1, -0.05) is 12.1 Å². The van der Waals surface area contributed by atoms with Gasteiger partial charge >= 0.3 is 6.09 Å². The maximum atomic E-state index is 14.0. The average molecular weight is 555 g/mol. The number of allylic oxidation sites excluding steroid dienone is 1. The Morgan fingerprint density at radius 1 is 1.07 bits per heavy atom. The third kappa shape index (κ3) is 8.60. The van der Waals surface area contributed by atoms with Gasteiger partial charge < -0.3 is 24.0 Å². The Morgan fingerprint density at radius 3 is 2.40 bits per heavy atom. The Bertz CT molecular complexity index is 1200. The fraction of sp³-hybridized carbons (Fsp3) is 0.438. The first-order valence-electron chi connectivity index (χ1n) is 13.5. The minimum absolute atomic E-state index is 0.104. The summed E-state index contributed by atoms with van der Waals surface area (Å²) in [4.78, 5) is 29.8. The second-order valence-electron chi connectivity index (χ2n) is 10.4. The average Bonchev–Trinajstić information content (AvgIpc) is 2.91. The van der Waals surface area contributed by atoms with Crippen LogP contribution in [-0.4, -0.2) is 61.8 Å². The van der Waals surface area contributed by atoms with Gasteiger partial charge in [0.2, 0.25) is 0 Å². The molecule has 0 bridgehead atoms. The Hall–Kier alpha value is -3.81. The number of hydrogen-bond donors (Lipinski definition) is 0. The summed E-state index contributed by atoms with van der Waals surface area (Å²) in [6, 6.07) is 8.10. The highest BCUT2D eigenvalue weighted by Crippen LogP contribution is 2.28. The topological polar surface area (TPSA) is 68.3 Å². The van der Waals surface area contributed by atoms with Crippen molar-refractivity contribution in [2.75, 3.05) is 38.3 Å². The fourth-order valence-corrected chi connectivity index (χ4v) is 4.46. The molecule has 2 aromatic carbocycles. The van der Waals surface area contributed by atoms with Crippen molar-refractivity contribution in [2.45, 2.75) is 59.6 Å². The van der Waals surface area contributed by atoms with Gasteiger partial charge in [-0.2, -0.15) is 0 Å². The number of piperazine rings is 1. The van der Waals surface area contributed by atoms with E-state index in [4.69, 9.17) is 14.2 Å². The highest BCUT2D eigenvalue weighted by molar-refractivity contribution is 5.94. The van der Waals surface area contributed by atoms with Crippen LogP contribution in [-0.2, 0) is 9.53 Å². The summed E-state index contributed by atoms with van der Waals surface area (Å²) in [6.45, 7) is 19.3. The molecule has 0 radical (unpaired) electrons. The second kappa shape index (κ2) is 14.5. The summed E-state index contributed by atoms with van der Waals surface area (Å²) in [5.74, 6) is 0.434. The van der Waals surface area contributed by atoms with Gasteiger partial charge in [-0.15, -0.1) is 13.2 Å². The van der Waals surface area contributed by atoms with Crippen molar-refractivity contribution in [3.63, 3.8) is 0 Å². The van der Waals surface area contributed by atoms with Gasteiger partial charge in [-0.3, -0.25) is 4.79 Å². The largest absolute Gasteiger partial charge is 0.494 e. The molecule has 1 aliphatic heterocycles. The van der Waals surface area contributed by atoms with Crippen molar-refractivity contribution in [3.05, 3.63) is 72.1 Å². The number of carbonyl (C=O) groups is 2. The molecule has 0 aliphatic carbocycles. The maximum Gasteiger partial charge on any atom is 0.410 e. The number of rotatable bonds is 8. The molecule has 2 aromatic rings. The normalized spacial score (nSPS) is 15.3. The third-order valence-corrected chi connectivity index (χ3v) is 6.58. The Labute approximate surface area is 238 Å². The summed E-state index contributed by atoms with van der Waals surface area (Å²) >= 11 is 0. The molecule has 1 aliphatic rings. The predicted molar refractivity (Wildman–Crippen MR) is 159 cm³/mol. The van der Waals surface area contributed by atoms with Crippen LogP contribution in [0, 0.1) is 19.7 Å². The van der Waals surface area contributed by atoms with E-state index in [1.165, 1.54) is 13.2 Å². The van der Waals surface area contributed by atoms with Crippen molar-refractivity contribution in [1.29, 1.82) is 0 Å². The van der Waals surface area contributed by atoms with Gasteiger partial charge in [0.25, 0.3) is 0 Å². The zero-order chi connectivity index (χ0) is 30.0. The van der Waals surface area contributed by atoms with Gasteiger partial charge in [0.1, 0.15) is 11.4 Å². The Morgan fingerprint density at radius 2 is 1.77 bits per heavy atom. The number of ether oxygens (including phenoxy) is 3. The number of methoxy groups -OCH3 is 1. The Balaban J connectivity index is 0.00000274. The molecule has 1 amide bonds. The van der Waals surface area contributed by atoms with Crippen LogP contribution < -0.4 is 14.4 Å². The van der Waals surface area contributed by atoms with Gasteiger partial charge in [0.05, 0.1) is 19.8 Å². The molecule has 0 saturated carbocycles. The smallest absolute Gasteiger partial charge is 0.410 e. The summed E-state index contributed by atoms with van der Waals surface area (Å²) in [5, 5.41) is 0. The molecule has 0 aromatic heterocycles. The molecule has 7 nitrogen and oxygen atoms in total. The molecule has 218 valence electrons. The van der Waals surface area contributed by atoms with Gasteiger partial charge in [-0.25, -0.2) is 9.18 Å². The van der Waals surface area contributed by atoms with Gasteiger partial charge in [0.15, 0.2) is 17.3 Å². The van der Waals surface area contributed by atoms with E-state index in [9.17, 15) is 14.0 Å². The van der Waals surface area contributed by atoms with Crippen LogP contribution in [0.4, 0.5) is 14.9 Å². The molecule has 1 saturated heterocycles. The van der Waals surface area contributed by atoms with Crippen LogP contribution in [0.15, 0.2) is 49.6 Å². The lowest BCUT2D eigenvalue weighted by Gasteiger charge is -2.42. The highest BCUT2D eigenvalue weighted by atomic mass is 19.1. The molecule has 0 N–H and O–H groups in total. The number of benzene rings is 2. The molecular weight excluding hydrogens is 511 g/mol. The van der Waals surface area contributed by atoms with E-state index in [1.54, 1.807) is 23.1 Å². The zero-order valence-electron chi connectivity index (χ0n) is 24.9. The van der Waals surface area contributed by atoms with Crippen molar-refractivity contribution < 1.29 is 28.2 Å². The first-order valence-corrected chi connectivity index (χ1v) is 13.5. The number of halogens is 1. The van der Waals surface area contributed by atoms with Crippen molar-refractivity contribution >= 4 is 23.6 Å². The number of nitrogens with zero attached hydrogens (tertiary/aromatic N) is 2. The molecule has 1 atom stereocenters. The van der Waals surface area contributed by atoms with Crippen LogP contribution >= 0.6 is 0 Å². The van der Waals surface area contributed by atoms with Crippen LogP contribution in [0.25, 0.3) is 6.08 Å². The predicted octanol–water partition coefficient (Wildman–Crippen LogP) is 6.75. The summed E-state index contributed by atoms with van der Waals surface area (Å²) in [5.41, 5.74) is 3.13. The standard InChI is InChI=1S/C30H39FN2O5.C2H4/c1-8-37-27-14-10-22(20(2)21(27)3)9-12-25(34)17-24-19-32(23-11-13-26(31)28(18-23)36-7)15-16-33(24)29(35)38-30(4,5)6;1-2/h9-14,18,24H,8,15-17,19H2,1-7H3;1-2H2/b12-9+;. The quantitative estimate of drug-likeness (QED) is 0.266. The van der Waals surface area contributed by atoms with Crippen molar-refractivity contribution in [3.8, 4) is 11.5 Å². The summed E-state index contributed by atoms with van der Waals surface area (Å²) in [6.07, 6.45) is 3.05. The lowest BCUT2D eigenvalue weighted by molar-refractivity contribution is -0.115. The SMILES string of the molecule is C=C.CCOc1ccc(/C=C/C(=O)CC2CN(c3ccc(F)c(OC)c3)CCN2C(=O)OC(C)(C)C)c(C)c1C. The minimum atomic E-state index is -0.657. The van der Waals surface area contributed by atoms with Crippen LogP contribution in [0.3, 0.4) is 0 Å². The van der Waals surface area contributed by atoms with E-state index in [0.29, 0.717) is 26.2 Å².